The molecule has 1 fully saturated rings. The number of thioether (sulfide) groups is 1. The van der Waals surface area contributed by atoms with Crippen LogP contribution in [-0.2, 0) is 21.9 Å². The number of tetrazole rings is 1. The second-order valence-corrected chi connectivity index (χ2v) is 9.15. The van der Waals surface area contributed by atoms with Gasteiger partial charge in [0.25, 0.3) is 0 Å². The summed E-state index contributed by atoms with van der Waals surface area (Å²) < 4.78 is 28.5. The van der Waals surface area contributed by atoms with Crippen LogP contribution in [0.3, 0.4) is 0 Å². The summed E-state index contributed by atoms with van der Waals surface area (Å²) in [6, 6.07) is 6.29. The number of aromatic nitrogens is 4. The Morgan fingerprint density at radius 2 is 1.81 bits per heavy atom. The van der Waals surface area contributed by atoms with Crippen molar-refractivity contribution in [3.05, 3.63) is 24.3 Å². The van der Waals surface area contributed by atoms with Gasteiger partial charge in [-0.3, -0.25) is 4.79 Å². The van der Waals surface area contributed by atoms with Gasteiger partial charge in [-0.05, 0) is 47.5 Å². The van der Waals surface area contributed by atoms with Gasteiger partial charge in [0.1, 0.15) is 0 Å². The number of sulfonamides is 1. The number of nitrogens with zero attached hydrogens (tertiary/aromatic N) is 5. The SMILES string of the molecule is Cn1nnnc1SCC(=O)Nc1ccc(S(=O)(=O)N2CCCCCC2)cc1. The molecule has 146 valence electrons. The van der Waals surface area contributed by atoms with Crippen LogP contribution < -0.4 is 5.32 Å². The highest BCUT2D eigenvalue weighted by Crippen LogP contribution is 2.22. The summed E-state index contributed by atoms with van der Waals surface area (Å²) in [4.78, 5) is 12.3. The van der Waals surface area contributed by atoms with E-state index < -0.39 is 10.0 Å². The number of carbonyl (C=O) groups excluding carboxylic acids is 1. The van der Waals surface area contributed by atoms with Crippen LogP contribution in [0.2, 0.25) is 0 Å². The number of hydrogen-bond donors (Lipinski definition) is 1. The van der Waals surface area contributed by atoms with Crippen LogP contribution >= 0.6 is 11.8 Å². The monoisotopic (exact) mass is 410 g/mol. The fourth-order valence-electron chi connectivity index (χ4n) is 2.81. The largest absolute Gasteiger partial charge is 0.325 e. The molecule has 9 nitrogen and oxygen atoms in total. The van der Waals surface area contributed by atoms with Gasteiger partial charge in [0, 0.05) is 25.8 Å². The van der Waals surface area contributed by atoms with E-state index in [1.807, 2.05) is 0 Å². The first-order valence-electron chi connectivity index (χ1n) is 8.72. The van der Waals surface area contributed by atoms with Gasteiger partial charge in [0.15, 0.2) is 0 Å². The van der Waals surface area contributed by atoms with Gasteiger partial charge in [-0.15, -0.1) is 5.10 Å². The van der Waals surface area contributed by atoms with Crippen LogP contribution in [0.1, 0.15) is 25.7 Å². The van der Waals surface area contributed by atoms with Crippen molar-refractivity contribution in [2.24, 2.45) is 7.05 Å². The van der Waals surface area contributed by atoms with E-state index in [-0.39, 0.29) is 16.6 Å². The molecule has 0 atom stereocenters. The predicted octanol–water partition coefficient (Wildman–Crippen LogP) is 1.51. The zero-order valence-corrected chi connectivity index (χ0v) is 16.7. The van der Waals surface area contributed by atoms with Gasteiger partial charge in [0.05, 0.1) is 10.6 Å². The molecule has 0 spiro atoms. The normalized spacial score (nSPS) is 16.0. The Morgan fingerprint density at radius 1 is 1.15 bits per heavy atom. The highest BCUT2D eigenvalue weighted by molar-refractivity contribution is 7.99. The number of hydrogen-bond acceptors (Lipinski definition) is 7. The first-order chi connectivity index (χ1) is 13.0. The van der Waals surface area contributed by atoms with Gasteiger partial charge >= 0.3 is 0 Å². The molecule has 1 aliphatic heterocycles. The number of amides is 1. The molecule has 3 rings (SSSR count). The lowest BCUT2D eigenvalue weighted by Gasteiger charge is -2.20. The van der Waals surface area contributed by atoms with E-state index in [0.717, 1.165) is 25.7 Å². The van der Waals surface area contributed by atoms with Crippen LogP contribution in [0.4, 0.5) is 5.69 Å². The van der Waals surface area contributed by atoms with Crippen molar-refractivity contribution in [3.8, 4) is 0 Å². The molecule has 1 saturated heterocycles. The van der Waals surface area contributed by atoms with Gasteiger partial charge < -0.3 is 5.32 Å². The van der Waals surface area contributed by atoms with E-state index in [2.05, 4.69) is 20.8 Å². The van der Waals surface area contributed by atoms with E-state index in [1.54, 1.807) is 23.5 Å². The first-order valence-corrected chi connectivity index (χ1v) is 11.1. The average Bonchev–Trinajstić information content (AvgIpc) is 2.88. The van der Waals surface area contributed by atoms with E-state index in [1.165, 1.54) is 28.6 Å². The fourth-order valence-corrected chi connectivity index (χ4v) is 4.98. The van der Waals surface area contributed by atoms with Gasteiger partial charge in [-0.1, -0.05) is 24.6 Å². The Bertz CT molecular complexity index is 874. The average molecular weight is 411 g/mol. The van der Waals surface area contributed by atoms with Crippen molar-refractivity contribution in [1.82, 2.24) is 24.5 Å². The van der Waals surface area contributed by atoms with Crippen LogP contribution in [-0.4, -0.2) is 57.7 Å². The van der Waals surface area contributed by atoms with Crippen molar-refractivity contribution < 1.29 is 13.2 Å². The molecule has 1 amide bonds. The predicted molar refractivity (Wildman–Crippen MR) is 102 cm³/mol. The van der Waals surface area contributed by atoms with E-state index in [9.17, 15) is 13.2 Å². The van der Waals surface area contributed by atoms with Crippen LogP contribution in [0.5, 0.6) is 0 Å². The first kappa shape index (κ1) is 19.8. The Labute approximate surface area is 162 Å². The zero-order chi connectivity index (χ0) is 19.3. The van der Waals surface area contributed by atoms with Gasteiger partial charge in [-0.2, -0.15) is 4.31 Å². The summed E-state index contributed by atoms with van der Waals surface area (Å²) in [7, 11) is -1.79. The molecule has 1 aromatic heterocycles. The zero-order valence-electron chi connectivity index (χ0n) is 15.0. The molecule has 0 unspecified atom stereocenters. The van der Waals surface area contributed by atoms with Crippen LogP contribution in [0.15, 0.2) is 34.3 Å². The molecule has 27 heavy (non-hydrogen) atoms. The number of anilines is 1. The highest BCUT2D eigenvalue weighted by Gasteiger charge is 2.25. The standard InChI is InChI=1S/C16H22N6O3S2/c1-21-16(18-19-20-21)26-12-15(23)17-13-6-8-14(9-7-13)27(24,25)22-10-4-2-3-5-11-22/h6-9H,2-5,10-12H2,1H3,(H,17,23). The van der Waals surface area contributed by atoms with E-state index >= 15 is 0 Å². The Hall–Kier alpha value is -1.98. The Morgan fingerprint density at radius 3 is 2.41 bits per heavy atom. The van der Waals surface area contributed by atoms with Gasteiger partial charge in [0.2, 0.25) is 21.1 Å². The molecule has 0 saturated carbocycles. The number of benzene rings is 1. The summed E-state index contributed by atoms with van der Waals surface area (Å²) in [6.07, 6.45) is 3.93. The fraction of sp³-hybridized carbons (Fsp3) is 0.500. The van der Waals surface area contributed by atoms with Crippen molar-refractivity contribution in [2.45, 2.75) is 35.7 Å². The lowest BCUT2D eigenvalue weighted by molar-refractivity contribution is -0.113. The summed E-state index contributed by atoms with van der Waals surface area (Å²) in [6.45, 7) is 1.13. The third kappa shape index (κ3) is 5.05. The lowest BCUT2D eigenvalue weighted by atomic mass is 10.2. The molecular weight excluding hydrogens is 388 g/mol. The third-order valence-corrected chi connectivity index (χ3v) is 7.18. The highest BCUT2D eigenvalue weighted by atomic mass is 32.2. The van der Waals surface area contributed by atoms with Crippen LogP contribution in [0, 0.1) is 0 Å². The molecule has 0 bridgehead atoms. The molecule has 1 aromatic carbocycles. The maximum Gasteiger partial charge on any atom is 0.243 e. The maximum absolute atomic E-state index is 12.8. The van der Waals surface area contributed by atoms with Crippen molar-refractivity contribution in [2.75, 3.05) is 24.2 Å². The summed E-state index contributed by atoms with van der Waals surface area (Å²) in [5, 5.41) is 14.3. The second kappa shape index (κ2) is 8.81. The molecular formula is C16H22N6O3S2. The number of nitrogens with one attached hydrogen (secondary N) is 1. The summed E-state index contributed by atoms with van der Waals surface area (Å²) in [5.41, 5.74) is 0.548. The van der Waals surface area contributed by atoms with Crippen LogP contribution in [0.25, 0.3) is 0 Å². The quantitative estimate of drug-likeness (QED) is 0.719. The maximum atomic E-state index is 12.8. The lowest BCUT2D eigenvalue weighted by Crippen LogP contribution is -2.31. The van der Waals surface area contributed by atoms with E-state index in [0.29, 0.717) is 23.9 Å². The second-order valence-electron chi connectivity index (χ2n) is 6.26. The third-order valence-electron chi connectivity index (χ3n) is 4.25. The molecule has 11 heteroatoms. The molecule has 2 heterocycles. The summed E-state index contributed by atoms with van der Waals surface area (Å²) >= 11 is 1.22. The Kier molecular flexibility index (Phi) is 6.45. The number of rotatable bonds is 6. The molecule has 1 aliphatic rings. The molecule has 1 N–H and O–H groups in total. The topological polar surface area (TPSA) is 110 Å². The van der Waals surface area contributed by atoms with Crippen molar-refractivity contribution in [1.29, 1.82) is 0 Å². The molecule has 2 aromatic rings. The minimum Gasteiger partial charge on any atom is -0.325 e. The molecule has 0 radical (unpaired) electrons. The molecule has 0 aliphatic carbocycles. The summed E-state index contributed by atoms with van der Waals surface area (Å²) in [5.74, 6) is -0.0617. The Balaban J connectivity index is 1.59. The number of aryl methyl sites for hydroxylation is 1. The van der Waals surface area contributed by atoms with Crippen molar-refractivity contribution >= 4 is 33.4 Å². The number of carbonyl (C=O) groups is 1. The van der Waals surface area contributed by atoms with E-state index in [4.69, 9.17) is 0 Å². The van der Waals surface area contributed by atoms with Crippen molar-refractivity contribution in [3.63, 3.8) is 0 Å². The van der Waals surface area contributed by atoms with Gasteiger partial charge in [-0.25, -0.2) is 13.1 Å². The minimum atomic E-state index is -3.48. The smallest absolute Gasteiger partial charge is 0.243 e. The minimum absolute atomic E-state index is 0.155.